The van der Waals surface area contributed by atoms with E-state index in [1.807, 2.05) is 19.9 Å². The molecule has 0 amide bonds. The molecule has 0 fully saturated rings. The van der Waals surface area contributed by atoms with Gasteiger partial charge < -0.3 is 0 Å². The summed E-state index contributed by atoms with van der Waals surface area (Å²) in [5.41, 5.74) is 4.23. The maximum atomic E-state index is 11.7. The molecule has 0 bridgehead atoms. The molecule has 1 nitrogen and oxygen atoms in total. The first kappa shape index (κ1) is 14.8. The molecular formula is C15H18B2O. The molecule has 0 aliphatic rings. The Morgan fingerprint density at radius 3 is 2.50 bits per heavy atom. The molecule has 0 aliphatic heterocycles. The van der Waals surface area contributed by atoms with Crippen molar-refractivity contribution in [2.45, 2.75) is 40.0 Å². The third-order valence-electron chi connectivity index (χ3n) is 3.15. The number of benzene rings is 1. The van der Waals surface area contributed by atoms with Crippen molar-refractivity contribution in [3.05, 3.63) is 34.9 Å². The van der Waals surface area contributed by atoms with Gasteiger partial charge in [-0.2, -0.15) is 0 Å². The van der Waals surface area contributed by atoms with Gasteiger partial charge in [-0.1, -0.05) is 48.0 Å². The van der Waals surface area contributed by atoms with Crippen LogP contribution in [0.5, 0.6) is 0 Å². The Labute approximate surface area is 112 Å². The highest BCUT2D eigenvalue weighted by molar-refractivity contribution is 6.38. The van der Waals surface area contributed by atoms with Crippen LogP contribution < -0.4 is 10.9 Å². The van der Waals surface area contributed by atoms with Crippen LogP contribution in [-0.4, -0.2) is 21.5 Å². The van der Waals surface area contributed by atoms with Crippen molar-refractivity contribution < 1.29 is 4.79 Å². The van der Waals surface area contributed by atoms with Crippen LogP contribution in [0.3, 0.4) is 0 Å². The van der Waals surface area contributed by atoms with E-state index in [0.29, 0.717) is 17.8 Å². The Kier molecular flexibility index (Phi) is 5.01. The number of carbonyl (C=O) groups is 1. The van der Waals surface area contributed by atoms with Gasteiger partial charge in [0.25, 0.3) is 0 Å². The number of ketones is 1. The lowest BCUT2D eigenvalue weighted by Crippen LogP contribution is -2.27. The van der Waals surface area contributed by atoms with Gasteiger partial charge >= 0.3 is 0 Å². The minimum absolute atomic E-state index is 0.0454. The summed E-state index contributed by atoms with van der Waals surface area (Å²) < 4.78 is 0. The Morgan fingerprint density at radius 2 is 2.00 bits per heavy atom. The minimum atomic E-state index is 0.0454. The molecule has 4 radical (unpaired) electrons. The Morgan fingerprint density at radius 1 is 1.39 bits per heavy atom. The van der Waals surface area contributed by atoms with Crippen LogP contribution >= 0.6 is 0 Å². The molecule has 0 aliphatic carbocycles. The summed E-state index contributed by atoms with van der Waals surface area (Å²) in [5.74, 6) is 0.371. The zero-order valence-corrected chi connectivity index (χ0v) is 11.6. The second-order valence-electron chi connectivity index (χ2n) is 4.87. The topological polar surface area (TPSA) is 17.1 Å². The number of rotatable bonds is 4. The summed E-state index contributed by atoms with van der Waals surface area (Å²) in [6, 6.07) is 1.89. The summed E-state index contributed by atoms with van der Waals surface area (Å²) in [4.78, 5) is 11.7. The van der Waals surface area contributed by atoms with E-state index in [0.717, 1.165) is 22.2 Å². The van der Waals surface area contributed by atoms with E-state index < -0.39 is 0 Å². The smallest absolute Gasteiger partial charge is 0.159 e. The van der Waals surface area contributed by atoms with E-state index in [2.05, 4.69) is 13.8 Å². The third kappa shape index (κ3) is 3.16. The second kappa shape index (κ2) is 6.08. The fourth-order valence-corrected chi connectivity index (χ4v) is 2.06. The van der Waals surface area contributed by atoms with Gasteiger partial charge in [-0.3, -0.25) is 4.79 Å². The molecule has 0 N–H and O–H groups in total. The highest BCUT2D eigenvalue weighted by Gasteiger charge is 2.13. The second-order valence-corrected chi connectivity index (χ2v) is 4.87. The van der Waals surface area contributed by atoms with E-state index >= 15 is 0 Å². The van der Waals surface area contributed by atoms with Crippen LogP contribution in [0.1, 0.15) is 43.4 Å². The molecule has 1 rings (SSSR count). The summed E-state index contributed by atoms with van der Waals surface area (Å²) in [5, 5.41) is 0. The number of hydrogen-bond acceptors (Lipinski definition) is 1. The molecule has 90 valence electrons. The Balaban J connectivity index is 3.23. The average Bonchev–Trinajstić information content (AvgIpc) is 2.29. The van der Waals surface area contributed by atoms with Crippen molar-refractivity contribution in [3.63, 3.8) is 0 Å². The molecule has 0 heterocycles. The van der Waals surface area contributed by atoms with Gasteiger partial charge in [0.1, 0.15) is 15.7 Å². The number of allylic oxidation sites excluding steroid dienone is 2. The first-order valence-corrected chi connectivity index (χ1v) is 6.21. The lowest BCUT2D eigenvalue weighted by atomic mass is 9.74. The van der Waals surface area contributed by atoms with Crippen LogP contribution in [0.2, 0.25) is 0 Å². The molecule has 1 aromatic rings. The number of carbonyl (C=O) groups excluding carboxylic acids is 1. The maximum absolute atomic E-state index is 11.7. The van der Waals surface area contributed by atoms with E-state index in [4.69, 9.17) is 15.7 Å². The molecule has 0 aromatic heterocycles. The fourth-order valence-electron chi connectivity index (χ4n) is 2.06. The largest absolute Gasteiger partial charge is 0.294 e. The molecule has 1 aromatic carbocycles. The molecule has 3 heteroatoms. The molecule has 0 saturated carbocycles. The Bertz CT molecular complexity index is 488. The zero-order valence-electron chi connectivity index (χ0n) is 11.6. The lowest BCUT2D eigenvalue weighted by Gasteiger charge is -2.19. The van der Waals surface area contributed by atoms with Gasteiger partial charge in [0.05, 0.1) is 0 Å². The lowest BCUT2D eigenvalue weighted by molar-refractivity contribution is -0.114. The first-order chi connectivity index (χ1) is 8.38. The molecule has 0 unspecified atom stereocenters. The van der Waals surface area contributed by atoms with Gasteiger partial charge in [-0.25, -0.2) is 0 Å². The molecule has 0 saturated heterocycles. The van der Waals surface area contributed by atoms with Crippen LogP contribution in [0.4, 0.5) is 0 Å². The van der Waals surface area contributed by atoms with E-state index in [-0.39, 0.29) is 5.78 Å². The van der Waals surface area contributed by atoms with E-state index in [1.54, 1.807) is 12.2 Å². The van der Waals surface area contributed by atoms with Crippen molar-refractivity contribution in [2.75, 3.05) is 0 Å². The molecule has 0 atom stereocenters. The summed E-state index contributed by atoms with van der Waals surface area (Å²) in [6.45, 7) is 7.91. The quantitative estimate of drug-likeness (QED) is 0.570. The number of hydrogen-bond donors (Lipinski definition) is 0. The van der Waals surface area contributed by atoms with Crippen LogP contribution in [0.15, 0.2) is 18.2 Å². The third-order valence-corrected chi connectivity index (χ3v) is 3.15. The highest BCUT2D eigenvalue weighted by atomic mass is 16.1. The van der Waals surface area contributed by atoms with Gasteiger partial charge in [0, 0.05) is 6.42 Å². The van der Waals surface area contributed by atoms with Crippen molar-refractivity contribution in [1.82, 2.24) is 0 Å². The molecule has 18 heavy (non-hydrogen) atoms. The summed E-state index contributed by atoms with van der Waals surface area (Å²) in [7, 11) is 12.2. The standard InChI is InChI=1S/C15H18B2O/c1-5-6-11(18)7-13-10(4)15(17)12(9(2)3)8-14(13)16/h5-6,8-9H,7H2,1-4H3/b6-5-. The van der Waals surface area contributed by atoms with Gasteiger partial charge in [0.2, 0.25) is 0 Å². The fraction of sp³-hybridized carbons (Fsp3) is 0.400. The van der Waals surface area contributed by atoms with Crippen molar-refractivity contribution in [2.24, 2.45) is 0 Å². The van der Waals surface area contributed by atoms with Gasteiger partial charge in [-0.05, 0) is 31.4 Å². The minimum Gasteiger partial charge on any atom is -0.294 e. The Hall–Kier alpha value is -1.24. The van der Waals surface area contributed by atoms with Crippen LogP contribution in [-0.2, 0) is 11.2 Å². The van der Waals surface area contributed by atoms with Crippen LogP contribution in [0.25, 0.3) is 0 Å². The SMILES string of the molecule is [B]c1cc(C(C)C)c([B])c(C)c1CC(=O)/C=C\C. The summed E-state index contributed by atoms with van der Waals surface area (Å²) in [6.07, 6.45) is 3.61. The first-order valence-electron chi connectivity index (χ1n) is 6.21. The maximum Gasteiger partial charge on any atom is 0.159 e. The van der Waals surface area contributed by atoms with E-state index in [9.17, 15) is 4.79 Å². The summed E-state index contributed by atoms with van der Waals surface area (Å²) >= 11 is 0. The highest BCUT2D eigenvalue weighted by Crippen LogP contribution is 2.14. The van der Waals surface area contributed by atoms with Crippen LogP contribution in [0, 0.1) is 6.92 Å². The normalized spacial score (nSPS) is 11.4. The predicted octanol–water partition coefficient (Wildman–Crippen LogP) is 1.39. The molecule has 0 spiro atoms. The zero-order chi connectivity index (χ0) is 13.9. The van der Waals surface area contributed by atoms with E-state index in [1.165, 1.54) is 0 Å². The molecular weight excluding hydrogens is 218 g/mol. The van der Waals surface area contributed by atoms with Gasteiger partial charge in [0.15, 0.2) is 5.78 Å². The van der Waals surface area contributed by atoms with Gasteiger partial charge in [-0.15, -0.1) is 0 Å². The monoisotopic (exact) mass is 236 g/mol. The average molecular weight is 236 g/mol. The van der Waals surface area contributed by atoms with Crippen molar-refractivity contribution in [3.8, 4) is 0 Å². The predicted molar refractivity (Wildman–Crippen MR) is 79.6 cm³/mol. The van der Waals surface area contributed by atoms with Crippen molar-refractivity contribution in [1.29, 1.82) is 0 Å². The van der Waals surface area contributed by atoms with Crippen molar-refractivity contribution >= 4 is 32.4 Å².